The number of rotatable bonds is 2. The van der Waals surface area contributed by atoms with Crippen molar-refractivity contribution in [3.63, 3.8) is 0 Å². The fraction of sp³-hybridized carbons (Fsp3) is 1.00. The molecule has 0 bridgehead atoms. The van der Waals surface area contributed by atoms with Gasteiger partial charge in [-0.15, -0.1) is 0 Å². The molecular weight excluding hydrogens is 238 g/mol. The van der Waals surface area contributed by atoms with Crippen LogP contribution in [0.4, 0.5) is 0 Å². The minimum atomic E-state index is 0.182. The lowest BCUT2D eigenvalue weighted by Gasteiger charge is -2.46. The molecule has 2 heterocycles. The molecule has 4 unspecified atom stereocenters. The van der Waals surface area contributed by atoms with E-state index in [2.05, 4.69) is 6.92 Å². The van der Waals surface area contributed by atoms with Gasteiger partial charge in [-0.25, -0.2) is 0 Å². The molecule has 0 aromatic rings. The van der Waals surface area contributed by atoms with Crippen molar-refractivity contribution >= 4 is 0 Å². The third-order valence-electron chi connectivity index (χ3n) is 5.77. The first-order valence-corrected chi connectivity index (χ1v) is 8.21. The molecule has 2 N–H and O–H groups in total. The van der Waals surface area contributed by atoms with Crippen LogP contribution in [0, 0.1) is 11.8 Å². The van der Waals surface area contributed by atoms with E-state index in [-0.39, 0.29) is 5.60 Å². The summed E-state index contributed by atoms with van der Waals surface area (Å²) in [6, 6.07) is 0.306. The van der Waals surface area contributed by atoms with Crippen LogP contribution in [0.15, 0.2) is 0 Å². The van der Waals surface area contributed by atoms with Gasteiger partial charge in [0.25, 0.3) is 0 Å². The number of ether oxygens (including phenoxy) is 2. The second-order valence-corrected chi connectivity index (χ2v) is 6.95. The third-order valence-corrected chi connectivity index (χ3v) is 5.77. The zero-order valence-corrected chi connectivity index (χ0v) is 12.3. The number of nitrogens with two attached hydrogens (primary N) is 1. The smallest absolute Gasteiger partial charge is 0.0685 e. The highest BCUT2D eigenvalue weighted by atomic mass is 16.5. The first kappa shape index (κ1) is 13.8. The van der Waals surface area contributed by atoms with Crippen LogP contribution in [0.3, 0.4) is 0 Å². The lowest BCUT2D eigenvalue weighted by molar-refractivity contribution is -0.123. The molecule has 3 rings (SSSR count). The normalized spacial score (nSPS) is 40.4. The Kier molecular flexibility index (Phi) is 4.16. The Balaban J connectivity index is 1.64. The van der Waals surface area contributed by atoms with Gasteiger partial charge >= 0.3 is 0 Å². The van der Waals surface area contributed by atoms with E-state index in [0.717, 1.165) is 26.1 Å². The topological polar surface area (TPSA) is 44.5 Å². The fourth-order valence-corrected chi connectivity index (χ4v) is 4.54. The van der Waals surface area contributed by atoms with Crippen molar-refractivity contribution in [2.24, 2.45) is 17.6 Å². The van der Waals surface area contributed by atoms with Gasteiger partial charge in [-0.1, -0.05) is 19.3 Å². The molecule has 110 valence electrons. The van der Waals surface area contributed by atoms with Gasteiger partial charge in [0, 0.05) is 25.2 Å². The molecule has 2 aliphatic heterocycles. The second kappa shape index (κ2) is 5.71. The molecule has 1 saturated carbocycles. The Hall–Kier alpha value is -0.120. The first-order valence-electron chi connectivity index (χ1n) is 8.21. The van der Waals surface area contributed by atoms with Crippen LogP contribution in [0.1, 0.15) is 58.3 Å². The average Bonchev–Trinajstić information content (AvgIpc) is 2.85. The number of hydrogen-bond acceptors (Lipinski definition) is 3. The van der Waals surface area contributed by atoms with Crippen LogP contribution in [-0.4, -0.2) is 31.0 Å². The monoisotopic (exact) mass is 267 g/mol. The summed E-state index contributed by atoms with van der Waals surface area (Å²) in [6.07, 6.45) is 10.4. The van der Waals surface area contributed by atoms with Gasteiger partial charge in [0.15, 0.2) is 0 Å². The molecule has 0 amide bonds. The van der Waals surface area contributed by atoms with E-state index >= 15 is 0 Å². The van der Waals surface area contributed by atoms with Crippen LogP contribution >= 0.6 is 0 Å². The average molecular weight is 267 g/mol. The quantitative estimate of drug-likeness (QED) is 0.836. The van der Waals surface area contributed by atoms with Gasteiger partial charge in [0.2, 0.25) is 0 Å². The molecule has 2 saturated heterocycles. The van der Waals surface area contributed by atoms with Crippen molar-refractivity contribution < 1.29 is 9.47 Å². The molecule has 1 aliphatic carbocycles. The van der Waals surface area contributed by atoms with Gasteiger partial charge in [0.1, 0.15) is 0 Å². The van der Waals surface area contributed by atoms with Gasteiger partial charge in [-0.3, -0.25) is 0 Å². The summed E-state index contributed by atoms with van der Waals surface area (Å²) in [7, 11) is 0. The predicted octanol–water partition coefficient (Wildman–Crippen LogP) is 2.87. The van der Waals surface area contributed by atoms with Crippen LogP contribution in [0.5, 0.6) is 0 Å². The Labute approximate surface area is 117 Å². The molecule has 3 heteroatoms. The van der Waals surface area contributed by atoms with Crippen molar-refractivity contribution in [1.29, 1.82) is 0 Å². The lowest BCUT2D eigenvalue weighted by Crippen LogP contribution is -2.49. The Morgan fingerprint density at radius 3 is 2.58 bits per heavy atom. The van der Waals surface area contributed by atoms with E-state index in [0.29, 0.717) is 24.0 Å². The van der Waals surface area contributed by atoms with Gasteiger partial charge < -0.3 is 15.2 Å². The van der Waals surface area contributed by atoms with Crippen molar-refractivity contribution in [3.8, 4) is 0 Å². The summed E-state index contributed by atoms with van der Waals surface area (Å²) >= 11 is 0. The minimum absolute atomic E-state index is 0.182. The van der Waals surface area contributed by atoms with E-state index < -0.39 is 0 Å². The molecule has 3 aliphatic rings. The van der Waals surface area contributed by atoms with Crippen LogP contribution in [0.2, 0.25) is 0 Å². The highest BCUT2D eigenvalue weighted by Gasteiger charge is 2.43. The molecular formula is C16H29NO2. The lowest BCUT2D eigenvalue weighted by atomic mass is 9.71. The van der Waals surface area contributed by atoms with E-state index in [1.807, 2.05) is 0 Å². The van der Waals surface area contributed by atoms with E-state index in [1.165, 1.54) is 38.5 Å². The molecule has 19 heavy (non-hydrogen) atoms. The van der Waals surface area contributed by atoms with Crippen molar-refractivity contribution in [1.82, 2.24) is 0 Å². The molecule has 0 radical (unpaired) electrons. The fourth-order valence-electron chi connectivity index (χ4n) is 4.54. The van der Waals surface area contributed by atoms with Crippen molar-refractivity contribution in [2.45, 2.75) is 76.0 Å². The Bertz CT molecular complexity index is 296. The second-order valence-electron chi connectivity index (χ2n) is 6.95. The molecule has 1 spiro atoms. The molecule has 0 aromatic carbocycles. The van der Waals surface area contributed by atoms with E-state index in [1.54, 1.807) is 0 Å². The zero-order valence-electron chi connectivity index (χ0n) is 12.3. The van der Waals surface area contributed by atoms with Crippen molar-refractivity contribution in [3.05, 3.63) is 0 Å². The first-order chi connectivity index (χ1) is 9.20. The maximum Gasteiger partial charge on any atom is 0.0685 e. The SMILES string of the molecule is CC1OCCC1C(N)C1CCOC2(CCCCC2)C1. The number of hydrogen-bond donors (Lipinski definition) is 1. The summed E-state index contributed by atoms with van der Waals surface area (Å²) in [6.45, 7) is 4.00. The highest BCUT2D eigenvalue weighted by molar-refractivity contribution is 4.95. The van der Waals surface area contributed by atoms with Gasteiger partial charge in [-0.2, -0.15) is 0 Å². The Morgan fingerprint density at radius 1 is 1.11 bits per heavy atom. The molecule has 3 fully saturated rings. The highest BCUT2D eigenvalue weighted by Crippen LogP contribution is 2.43. The third kappa shape index (κ3) is 2.84. The van der Waals surface area contributed by atoms with Gasteiger partial charge in [0.05, 0.1) is 11.7 Å². The maximum absolute atomic E-state index is 6.60. The van der Waals surface area contributed by atoms with Crippen LogP contribution in [0.25, 0.3) is 0 Å². The summed E-state index contributed by atoms with van der Waals surface area (Å²) in [5.41, 5.74) is 6.78. The molecule has 0 aromatic heterocycles. The largest absolute Gasteiger partial charge is 0.378 e. The predicted molar refractivity (Wildman–Crippen MR) is 76.0 cm³/mol. The standard InChI is InChI=1S/C16H29NO2/c1-12-14(6-9-18-12)15(17)13-5-10-19-16(11-13)7-3-2-4-8-16/h12-15H,2-11,17H2,1H3. The minimum Gasteiger partial charge on any atom is -0.378 e. The van der Waals surface area contributed by atoms with E-state index in [9.17, 15) is 0 Å². The van der Waals surface area contributed by atoms with Crippen LogP contribution < -0.4 is 5.73 Å². The Morgan fingerprint density at radius 2 is 1.89 bits per heavy atom. The van der Waals surface area contributed by atoms with Crippen LogP contribution in [-0.2, 0) is 9.47 Å². The van der Waals surface area contributed by atoms with E-state index in [4.69, 9.17) is 15.2 Å². The zero-order chi connectivity index (χ0) is 13.3. The summed E-state index contributed by atoms with van der Waals surface area (Å²) < 4.78 is 11.9. The summed E-state index contributed by atoms with van der Waals surface area (Å²) in [4.78, 5) is 0. The maximum atomic E-state index is 6.60. The van der Waals surface area contributed by atoms with Gasteiger partial charge in [-0.05, 0) is 44.9 Å². The van der Waals surface area contributed by atoms with Crippen molar-refractivity contribution in [2.75, 3.05) is 13.2 Å². The summed E-state index contributed by atoms with van der Waals surface area (Å²) in [5, 5.41) is 0. The summed E-state index contributed by atoms with van der Waals surface area (Å²) in [5.74, 6) is 1.20. The molecule has 4 atom stereocenters. The molecule has 3 nitrogen and oxygen atoms in total.